The molecule has 1 rings (SSSR count). The Hall–Kier alpha value is -1.43. The molecule has 0 radical (unpaired) electrons. The Kier molecular flexibility index (Phi) is 4.84. The summed E-state index contributed by atoms with van der Waals surface area (Å²) in [5.74, 6) is -0.557. The Morgan fingerprint density at radius 1 is 1.39 bits per heavy atom. The van der Waals surface area contributed by atoms with Gasteiger partial charge in [-0.05, 0) is 18.6 Å². The Labute approximate surface area is 106 Å². The summed E-state index contributed by atoms with van der Waals surface area (Å²) in [5.41, 5.74) is -0.0204. The first-order valence-electron chi connectivity index (χ1n) is 5.70. The largest absolute Gasteiger partial charge is 0.334 e. The first-order valence-corrected chi connectivity index (χ1v) is 7.09. The molecular weight excluding hydrogens is 257 g/mol. The zero-order valence-electron chi connectivity index (χ0n) is 10.3. The van der Waals surface area contributed by atoms with Crippen LogP contribution >= 0.6 is 0 Å². The van der Waals surface area contributed by atoms with Crippen LogP contribution in [-0.2, 0) is 15.0 Å². The third-order valence-corrected chi connectivity index (χ3v) is 3.46. The molecule has 4 nitrogen and oxygen atoms in total. The molecule has 1 atom stereocenters. The van der Waals surface area contributed by atoms with E-state index in [-0.39, 0.29) is 17.5 Å². The minimum atomic E-state index is -4.83. The van der Waals surface area contributed by atoms with Crippen LogP contribution in [-0.4, -0.2) is 14.3 Å². The Morgan fingerprint density at radius 3 is 2.56 bits per heavy atom. The number of carbonyl (C=O) groups is 1. The maximum Gasteiger partial charge on any atom is 0.334 e. The first kappa shape index (κ1) is 14.6. The van der Waals surface area contributed by atoms with Gasteiger partial charge in [-0.25, -0.2) is 0 Å². The minimum Gasteiger partial charge on any atom is -0.325 e. The quantitative estimate of drug-likeness (QED) is 0.839. The van der Waals surface area contributed by atoms with Crippen molar-refractivity contribution in [2.75, 3.05) is 5.32 Å². The second-order valence-corrected chi connectivity index (χ2v) is 5.43. The van der Waals surface area contributed by atoms with Gasteiger partial charge >= 0.3 is 10.2 Å². The molecule has 0 saturated heterocycles. The molecule has 0 aromatic heterocycles. The highest BCUT2D eigenvalue weighted by Crippen LogP contribution is 2.23. The minimum absolute atomic E-state index is 0.0204. The number of rotatable bonds is 5. The zero-order chi connectivity index (χ0) is 13.8. The van der Waals surface area contributed by atoms with Crippen molar-refractivity contribution in [1.82, 2.24) is 0 Å². The van der Waals surface area contributed by atoms with Crippen molar-refractivity contribution >= 4 is 21.8 Å². The van der Waals surface area contributed by atoms with E-state index in [0.29, 0.717) is 6.42 Å². The molecule has 1 aromatic rings. The highest BCUT2D eigenvalue weighted by atomic mass is 32.3. The van der Waals surface area contributed by atoms with Gasteiger partial charge in [0.05, 0.1) is 5.69 Å². The molecule has 0 bridgehead atoms. The van der Waals surface area contributed by atoms with Crippen LogP contribution in [0.15, 0.2) is 29.2 Å². The van der Waals surface area contributed by atoms with Crippen molar-refractivity contribution in [2.45, 2.75) is 31.6 Å². The molecule has 1 N–H and O–H groups in total. The summed E-state index contributed by atoms with van der Waals surface area (Å²) >= 11 is 0. The fraction of sp³-hybridized carbons (Fsp3) is 0.417. The molecule has 1 amide bonds. The first-order chi connectivity index (χ1) is 8.36. The van der Waals surface area contributed by atoms with E-state index < -0.39 is 15.1 Å². The van der Waals surface area contributed by atoms with Gasteiger partial charge in [0.25, 0.3) is 0 Å². The number of benzene rings is 1. The van der Waals surface area contributed by atoms with Crippen molar-refractivity contribution < 1.29 is 17.1 Å². The summed E-state index contributed by atoms with van der Waals surface area (Å²) in [6, 6.07) is 5.42. The smallest absolute Gasteiger partial charge is 0.325 e. The predicted molar refractivity (Wildman–Crippen MR) is 67.4 cm³/mol. The van der Waals surface area contributed by atoms with Crippen molar-refractivity contribution in [3.63, 3.8) is 0 Å². The summed E-state index contributed by atoms with van der Waals surface area (Å²) in [4.78, 5) is 11.2. The second kappa shape index (κ2) is 5.95. The monoisotopic (exact) mass is 273 g/mol. The molecule has 18 heavy (non-hydrogen) atoms. The average Bonchev–Trinajstić information content (AvgIpc) is 2.28. The third kappa shape index (κ3) is 3.80. The van der Waals surface area contributed by atoms with E-state index in [4.69, 9.17) is 0 Å². The number of amides is 1. The van der Waals surface area contributed by atoms with Crippen LogP contribution in [0.25, 0.3) is 0 Å². The van der Waals surface area contributed by atoms with Crippen LogP contribution in [0.2, 0.25) is 0 Å². The van der Waals surface area contributed by atoms with Crippen LogP contribution in [0, 0.1) is 5.92 Å². The highest BCUT2D eigenvalue weighted by Gasteiger charge is 2.19. The van der Waals surface area contributed by atoms with Gasteiger partial charge < -0.3 is 5.32 Å². The molecule has 0 aliphatic carbocycles. The maximum atomic E-state index is 13.0. The van der Waals surface area contributed by atoms with Gasteiger partial charge in [0.2, 0.25) is 5.91 Å². The molecule has 0 fully saturated rings. The SMILES string of the molecule is CCCC(C)C(=O)Nc1ccccc1S(=O)(=O)F. The van der Waals surface area contributed by atoms with Gasteiger partial charge in [0.15, 0.2) is 0 Å². The standard InChI is InChI=1S/C12H16FNO3S/c1-3-6-9(2)12(15)14-10-7-4-5-8-11(10)18(13,16)17/h4-5,7-9H,3,6H2,1-2H3,(H,14,15). The van der Waals surface area contributed by atoms with Crippen LogP contribution < -0.4 is 5.32 Å². The summed E-state index contributed by atoms with van der Waals surface area (Å²) in [7, 11) is -4.83. The lowest BCUT2D eigenvalue weighted by Crippen LogP contribution is -2.21. The fourth-order valence-electron chi connectivity index (χ4n) is 1.60. The summed E-state index contributed by atoms with van der Waals surface area (Å²) < 4.78 is 34.8. The summed E-state index contributed by atoms with van der Waals surface area (Å²) in [6.07, 6.45) is 1.54. The molecule has 0 aliphatic heterocycles. The second-order valence-electron chi connectivity index (χ2n) is 4.11. The van der Waals surface area contributed by atoms with E-state index >= 15 is 0 Å². The van der Waals surface area contributed by atoms with Crippen molar-refractivity contribution in [3.8, 4) is 0 Å². The maximum absolute atomic E-state index is 13.0. The lowest BCUT2D eigenvalue weighted by molar-refractivity contribution is -0.119. The van der Waals surface area contributed by atoms with Gasteiger partial charge in [-0.3, -0.25) is 4.79 Å². The number of carbonyl (C=O) groups excluding carboxylic acids is 1. The normalized spacial score (nSPS) is 13.1. The number of halogens is 1. The molecule has 0 heterocycles. The van der Waals surface area contributed by atoms with Gasteiger partial charge in [-0.1, -0.05) is 32.4 Å². The molecule has 0 saturated carbocycles. The number of hydrogen-bond acceptors (Lipinski definition) is 3. The van der Waals surface area contributed by atoms with E-state index in [9.17, 15) is 17.1 Å². The van der Waals surface area contributed by atoms with Gasteiger partial charge in [-0.15, -0.1) is 3.89 Å². The van der Waals surface area contributed by atoms with E-state index in [2.05, 4.69) is 5.32 Å². The fourth-order valence-corrected chi connectivity index (χ4v) is 2.23. The molecule has 1 aromatic carbocycles. The third-order valence-electron chi connectivity index (χ3n) is 2.58. The number of para-hydroxylation sites is 1. The molecule has 100 valence electrons. The molecule has 0 aliphatic rings. The number of hydrogen-bond donors (Lipinski definition) is 1. The van der Waals surface area contributed by atoms with Gasteiger partial charge in [0.1, 0.15) is 4.90 Å². The number of anilines is 1. The average molecular weight is 273 g/mol. The Balaban J connectivity index is 2.95. The molecule has 1 unspecified atom stereocenters. The van der Waals surface area contributed by atoms with Crippen LogP contribution in [0.4, 0.5) is 9.57 Å². The molecular formula is C12H16FNO3S. The van der Waals surface area contributed by atoms with E-state index in [1.165, 1.54) is 18.2 Å². The Bertz CT molecular complexity index is 528. The lowest BCUT2D eigenvalue weighted by atomic mass is 10.1. The molecule has 6 heteroatoms. The van der Waals surface area contributed by atoms with E-state index in [0.717, 1.165) is 12.5 Å². The van der Waals surface area contributed by atoms with Crippen molar-refractivity contribution in [3.05, 3.63) is 24.3 Å². The number of nitrogens with one attached hydrogen (secondary N) is 1. The van der Waals surface area contributed by atoms with Gasteiger partial charge in [0, 0.05) is 5.92 Å². The van der Waals surface area contributed by atoms with Crippen molar-refractivity contribution in [2.24, 2.45) is 5.92 Å². The summed E-state index contributed by atoms with van der Waals surface area (Å²) in [5, 5.41) is 2.44. The Morgan fingerprint density at radius 2 is 2.00 bits per heavy atom. The molecule has 0 spiro atoms. The summed E-state index contributed by atoms with van der Waals surface area (Å²) in [6.45, 7) is 3.69. The van der Waals surface area contributed by atoms with Crippen LogP contribution in [0.3, 0.4) is 0 Å². The van der Waals surface area contributed by atoms with Crippen LogP contribution in [0.1, 0.15) is 26.7 Å². The topological polar surface area (TPSA) is 63.2 Å². The lowest BCUT2D eigenvalue weighted by Gasteiger charge is -2.12. The van der Waals surface area contributed by atoms with E-state index in [1.807, 2.05) is 6.92 Å². The zero-order valence-corrected chi connectivity index (χ0v) is 11.1. The van der Waals surface area contributed by atoms with Crippen LogP contribution in [0.5, 0.6) is 0 Å². The highest BCUT2D eigenvalue weighted by molar-refractivity contribution is 7.86. The van der Waals surface area contributed by atoms with E-state index in [1.54, 1.807) is 6.92 Å². The van der Waals surface area contributed by atoms with Crippen molar-refractivity contribution in [1.29, 1.82) is 0 Å². The predicted octanol–water partition coefficient (Wildman–Crippen LogP) is 2.72. The van der Waals surface area contributed by atoms with Gasteiger partial charge in [-0.2, -0.15) is 8.42 Å².